The number of benzene rings is 1. The Bertz CT molecular complexity index is 627. The third kappa shape index (κ3) is 3.09. The van der Waals surface area contributed by atoms with Crippen LogP contribution in [0.15, 0.2) is 18.2 Å². The smallest absolute Gasteiger partial charge is 0.274 e. The molecule has 1 N–H and O–H groups in total. The molecule has 1 saturated carbocycles. The van der Waals surface area contributed by atoms with Crippen LogP contribution < -0.4 is 5.32 Å². The van der Waals surface area contributed by atoms with Gasteiger partial charge in [0.05, 0.1) is 10.2 Å². The lowest BCUT2D eigenvalue weighted by molar-refractivity contribution is -0.385. The Morgan fingerprint density at radius 3 is 2.65 bits per heavy atom. The molecule has 20 heavy (non-hydrogen) atoms. The maximum atomic E-state index is 11.7. The van der Waals surface area contributed by atoms with Gasteiger partial charge in [0.2, 0.25) is 0 Å². The van der Waals surface area contributed by atoms with Crippen molar-refractivity contribution < 1.29 is 13.3 Å². The van der Waals surface area contributed by atoms with Crippen molar-refractivity contribution in [2.45, 2.75) is 37.5 Å². The highest BCUT2D eigenvalue weighted by Gasteiger charge is 2.34. The van der Waals surface area contributed by atoms with Gasteiger partial charge in [-0.3, -0.25) is 10.1 Å². The first-order valence-electron chi connectivity index (χ1n) is 6.49. The van der Waals surface area contributed by atoms with Crippen molar-refractivity contribution in [3.63, 3.8) is 0 Å². The molecule has 1 aromatic rings. The van der Waals surface area contributed by atoms with Gasteiger partial charge in [-0.1, -0.05) is 6.07 Å². The number of aryl methyl sites for hydroxylation is 1. The van der Waals surface area contributed by atoms with E-state index >= 15 is 0 Å². The molecular formula is C13H18N2O4S. The van der Waals surface area contributed by atoms with Crippen molar-refractivity contribution in [1.82, 2.24) is 0 Å². The Hall–Kier alpha value is -1.63. The summed E-state index contributed by atoms with van der Waals surface area (Å²) in [5, 5.41) is 13.6. The van der Waals surface area contributed by atoms with E-state index < -0.39 is 20.0 Å². The average Bonchev–Trinajstić information content (AvgIpc) is 2.79. The summed E-state index contributed by atoms with van der Waals surface area (Å²) in [4.78, 5) is 10.5. The van der Waals surface area contributed by atoms with Crippen LogP contribution in [0.4, 0.5) is 11.4 Å². The number of sulfone groups is 1. The quantitative estimate of drug-likeness (QED) is 0.680. The molecule has 2 atom stereocenters. The first-order valence-corrected chi connectivity index (χ1v) is 8.45. The van der Waals surface area contributed by atoms with Gasteiger partial charge in [0.25, 0.3) is 5.69 Å². The van der Waals surface area contributed by atoms with Crippen LogP contribution in [-0.2, 0) is 9.84 Å². The van der Waals surface area contributed by atoms with Crippen LogP contribution in [0.1, 0.15) is 24.8 Å². The molecular weight excluding hydrogens is 280 g/mol. The van der Waals surface area contributed by atoms with E-state index in [1.165, 1.54) is 12.3 Å². The van der Waals surface area contributed by atoms with E-state index in [1.54, 1.807) is 19.1 Å². The van der Waals surface area contributed by atoms with Crippen molar-refractivity contribution in [2.24, 2.45) is 0 Å². The van der Waals surface area contributed by atoms with Gasteiger partial charge in [-0.15, -0.1) is 0 Å². The molecule has 7 heteroatoms. The highest BCUT2D eigenvalue weighted by atomic mass is 32.2. The molecule has 0 heterocycles. The highest BCUT2D eigenvalue weighted by molar-refractivity contribution is 7.91. The third-order valence-corrected chi connectivity index (χ3v) is 5.42. The zero-order valence-corrected chi connectivity index (χ0v) is 12.3. The van der Waals surface area contributed by atoms with Gasteiger partial charge in [0.1, 0.15) is 0 Å². The van der Waals surface area contributed by atoms with E-state index in [0.717, 1.165) is 12.8 Å². The predicted octanol–water partition coefficient (Wildman–Crippen LogP) is 2.28. The average molecular weight is 298 g/mol. The van der Waals surface area contributed by atoms with Crippen molar-refractivity contribution in [3.05, 3.63) is 33.9 Å². The molecule has 0 spiro atoms. The first-order chi connectivity index (χ1) is 9.29. The molecule has 110 valence electrons. The molecule has 0 aromatic heterocycles. The van der Waals surface area contributed by atoms with Crippen LogP contribution in [0.3, 0.4) is 0 Å². The number of anilines is 1. The van der Waals surface area contributed by atoms with Crippen LogP contribution in [0.25, 0.3) is 0 Å². The molecule has 0 amide bonds. The number of nitro groups is 1. The van der Waals surface area contributed by atoms with E-state index in [-0.39, 0.29) is 11.7 Å². The maximum Gasteiger partial charge on any atom is 0.274 e. The molecule has 0 radical (unpaired) electrons. The van der Waals surface area contributed by atoms with E-state index in [0.29, 0.717) is 17.7 Å². The fourth-order valence-electron chi connectivity index (χ4n) is 2.71. The normalized spacial score (nSPS) is 22.7. The zero-order valence-electron chi connectivity index (χ0n) is 11.5. The van der Waals surface area contributed by atoms with E-state index in [9.17, 15) is 18.5 Å². The Labute approximate surface area is 118 Å². The minimum absolute atomic E-state index is 0.0453. The summed E-state index contributed by atoms with van der Waals surface area (Å²) in [6.45, 7) is 1.68. The largest absolute Gasteiger partial charge is 0.381 e. The molecule has 0 saturated heterocycles. The summed E-state index contributed by atoms with van der Waals surface area (Å²) in [6, 6.07) is 4.71. The summed E-state index contributed by atoms with van der Waals surface area (Å²) in [7, 11) is -3.10. The Morgan fingerprint density at radius 1 is 1.35 bits per heavy atom. The highest BCUT2D eigenvalue weighted by Crippen LogP contribution is 2.29. The fourth-order valence-corrected chi connectivity index (χ4v) is 4.11. The Kier molecular flexibility index (Phi) is 3.99. The van der Waals surface area contributed by atoms with Crippen molar-refractivity contribution >= 4 is 21.2 Å². The standard InChI is InChI=1S/C13H18N2O4S/c1-9-6-7-10(8-12(9)15(16)17)14-11-4-3-5-13(11)20(2,18)19/h6-8,11,13-14H,3-5H2,1-2H3. The molecule has 0 aliphatic heterocycles. The number of nitrogens with one attached hydrogen (secondary N) is 1. The van der Waals surface area contributed by atoms with Crippen molar-refractivity contribution in [3.8, 4) is 0 Å². The number of hydrogen-bond donors (Lipinski definition) is 1. The van der Waals surface area contributed by atoms with Gasteiger partial charge in [0, 0.05) is 29.6 Å². The fraction of sp³-hybridized carbons (Fsp3) is 0.538. The molecule has 1 aliphatic carbocycles. The van der Waals surface area contributed by atoms with Gasteiger partial charge in [-0.2, -0.15) is 0 Å². The molecule has 0 bridgehead atoms. The molecule has 2 unspecified atom stereocenters. The van der Waals surface area contributed by atoms with Gasteiger partial charge in [0.15, 0.2) is 9.84 Å². The lowest BCUT2D eigenvalue weighted by atomic mass is 10.1. The van der Waals surface area contributed by atoms with Gasteiger partial charge < -0.3 is 5.32 Å². The topological polar surface area (TPSA) is 89.3 Å². The van der Waals surface area contributed by atoms with Crippen LogP contribution in [0, 0.1) is 17.0 Å². The summed E-state index contributed by atoms with van der Waals surface area (Å²) in [5.74, 6) is 0. The summed E-state index contributed by atoms with van der Waals surface area (Å²) >= 11 is 0. The molecule has 2 rings (SSSR count). The molecule has 6 nitrogen and oxygen atoms in total. The van der Waals surface area contributed by atoms with Crippen molar-refractivity contribution in [1.29, 1.82) is 0 Å². The van der Waals surface area contributed by atoms with Gasteiger partial charge in [-0.05, 0) is 32.3 Å². The molecule has 1 fully saturated rings. The second kappa shape index (κ2) is 5.40. The minimum Gasteiger partial charge on any atom is -0.381 e. The SMILES string of the molecule is Cc1ccc(NC2CCCC2S(C)(=O)=O)cc1[N+](=O)[O-]. The second-order valence-corrected chi connectivity index (χ2v) is 7.57. The predicted molar refractivity (Wildman–Crippen MR) is 77.7 cm³/mol. The molecule has 1 aromatic carbocycles. The molecule has 1 aliphatic rings. The third-order valence-electron chi connectivity index (χ3n) is 3.76. The van der Waals surface area contributed by atoms with E-state index in [1.807, 2.05) is 0 Å². The number of hydrogen-bond acceptors (Lipinski definition) is 5. The van der Waals surface area contributed by atoms with Crippen LogP contribution in [0.2, 0.25) is 0 Å². The first kappa shape index (κ1) is 14.8. The van der Waals surface area contributed by atoms with E-state index in [2.05, 4.69) is 5.32 Å². The summed E-state index contributed by atoms with van der Waals surface area (Å²) in [6.07, 6.45) is 3.50. The minimum atomic E-state index is -3.10. The lowest BCUT2D eigenvalue weighted by Gasteiger charge is -2.20. The lowest BCUT2D eigenvalue weighted by Crippen LogP contribution is -2.34. The van der Waals surface area contributed by atoms with Gasteiger partial charge in [-0.25, -0.2) is 8.42 Å². The zero-order chi connectivity index (χ0) is 14.9. The number of rotatable bonds is 4. The second-order valence-electron chi connectivity index (χ2n) is 5.31. The Balaban J connectivity index is 2.22. The van der Waals surface area contributed by atoms with E-state index in [4.69, 9.17) is 0 Å². The van der Waals surface area contributed by atoms with Crippen LogP contribution in [0.5, 0.6) is 0 Å². The monoisotopic (exact) mass is 298 g/mol. The van der Waals surface area contributed by atoms with Crippen LogP contribution >= 0.6 is 0 Å². The summed E-state index contributed by atoms with van der Waals surface area (Å²) < 4.78 is 23.4. The summed E-state index contributed by atoms with van der Waals surface area (Å²) in [5.41, 5.74) is 1.23. The number of nitrogens with zero attached hydrogens (tertiary/aromatic N) is 1. The van der Waals surface area contributed by atoms with Crippen molar-refractivity contribution in [2.75, 3.05) is 11.6 Å². The number of nitro benzene ring substituents is 1. The van der Waals surface area contributed by atoms with Gasteiger partial charge >= 0.3 is 0 Å². The maximum absolute atomic E-state index is 11.7. The van der Waals surface area contributed by atoms with Crippen LogP contribution in [-0.4, -0.2) is 30.9 Å². The Morgan fingerprint density at radius 2 is 2.05 bits per heavy atom.